The number of esters is 2. The van der Waals surface area contributed by atoms with Crippen LogP contribution >= 0.6 is 0 Å². The Bertz CT molecular complexity index is 175. The average Bonchev–Trinajstić information content (AvgIpc) is 1.85. The molecule has 0 aliphatic rings. The van der Waals surface area contributed by atoms with Crippen molar-refractivity contribution in [3.05, 3.63) is 12.7 Å². The maximum Gasteiger partial charge on any atom is 0.337 e. The summed E-state index contributed by atoms with van der Waals surface area (Å²) in [5, 5.41) is 0. The van der Waals surface area contributed by atoms with E-state index in [1.54, 1.807) is 19.0 Å². The van der Waals surface area contributed by atoms with Crippen molar-refractivity contribution in [1.82, 2.24) is 4.90 Å². The molecule has 0 amide bonds. The Morgan fingerprint density at radius 2 is 2.09 bits per heavy atom. The van der Waals surface area contributed by atoms with E-state index in [0.717, 1.165) is 6.08 Å². The number of rotatable bonds is 3. The van der Waals surface area contributed by atoms with E-state index in [9.17, 15) is 9.59 Å². The van der Waals surface area contributed by atoms with E-state index in [1.165, 1.54) is 0 Å². The molecule has 0 saturated carbocycles. The Balaban J connectivity index is 3.69. The molecule has 0 bridgehead atoms. The van der Waals surface area contributed by atoms with Crippen molar-refractivity contribution in [2.45, 2.75) is 0 Å². The molecular weight excluding hydrogens is 146 g/mol. The van der Waals surface area contributed by atoms with Crippen LogP contribution in [-0.4, -0.2) is 37.5 Å². The zero-order valence-electron chi connectivity index (χ0n) is 6.66. The van der Waals surface area contributed by atoms with Crippen molar-refractivity contribution in [3.8, 4) is 0 Å². The molecule has 4 heteroatoms. The third-order valence-electron chi connectivity index (χ3n) is 0.826. The minimum absolute atomic E-state index is 0.0968. The summed E-state index contributed by atoms with van der Waals surface area (Å²) in [4.78, 5) is 22.7. The van der Waals surface area contributed by atoms with Crippen LogP contribution in [0.4, 0.5) is 0 Å². The van der Waals surface area contributed by atoms with Gasteiger partial charge in [0.2, 0.25) is 0 Å². The number of ether oxygens (including phenoxy) is 1. The largest absolute Gasteiger partial charge is 0.389 e. The minimum atomic E-state index is -0.711. The minimum Gasteiger partial charge on any atom is -0.389 e. The molecule has 0 aromatic heterocycles. The molecule has 0 spiro atoms. The number of carbonyl (C=O) groups is 2. The maximum absolute atomic E-state index is 10.7. The molecule has 62 valence electrons. The number of carbonyl (C=O) groups excluding carboxylic acids is 2. The first-order chi connectivity index (χ1) is 5.06. The molecule has 0 radical (unpaired) electrons. The van der Waals surface area contributed by atoms with Crippen molar-refractivity contribution in [3.63, 3.8) is 0 Å². The van der Waals surface area contributed by atoms with Crippen LogP contribution in [0.15, 0.2) is 12.7 Å². The highest BCUT2D eigenvalue weighted by atomic mass is 16.6. The molecule has 0 atom stereocenters. The van der Waals surface area contributed by atoms with Crippen molar-refractivity contribution in [2.75, 3.05) is 20.6 Å². The highest BCUT2D eigenvalue weighted by molar-refractivity contribution is 5.92. The van der Waals surface area contributed by atoms with Crippen LogP contribution in [0.25, 0.3) is 0 Å². The zero-order valence-corrected chi connectivity index (χ0v) is 6.66. The topological polar surface area (TPSA) is 46.6 Å². The molecule has 11 heavy (non-hydrogen) atoms. The van der Waals surface area contributed by atoms with Gasteiger partial charge in [-0.2, -0.15) is 0 Å². The van der Waals surface area contributed by atoms with Crippen LogP contribution in [0.2, 0.25) is 0 Å². The third kappa shape index (κ3) is 5.29. The number of likely N-dealkylation sites (N-methyl/N-ethyl adjacent to an activating group) is 1. The van der Waals surface area contributed by atoms with Gasteiger partial charge in [0.25, 0.3) is 0 Å². The van der Waals surface area contributed by atoms with Gasteiger partial charge in [-0.05, 0) is 14.1 Å². The molecule has 0 aliphatic heterocycles. The average molecular weight is 157 g/mol. The van der Waals surface area contributed by atoms with Gasteiger partial charge in [-0.1, -0.05) is 6.58 Å². The molecule has 0 saturated heterocycles. The molecule has 4 nitrogen and oxygen atoms in total. The number of hydrogen-bond acceptors (Lipinski definition) is 4. The SMILES string of the molecule is C=CC(=O)OC(=O)CN(C)C. The van der Waals surface area contributed by atoms with Crippen molar-refractivity contribution in [1.29, 1.82) is 0 Å². The van der Waals surface area contributed by atoms with Gasteiger partial charge >= 0.3 is 11.9 Å². The summed E-state index contributed by atoms with van der Waals surface area (Å²) in [5.41, 5.74) is 0. The lowest BCUT2D eigenvalue weighted by Crippen LogP contribution is -2.25. The van der Waals surface area contributed by atoms with Gasteiger partial charge in [0, 0.05) is 6.08 Å². The first kappa shape index (κ1) is 9.84. The first-order valence-electron chi connectivity index (χ1n) is 3.08. The fraction of sp³-hybridized carbons (Fsp3) is 0.429. The van der Waals surface area contributed by atoms with Crippen molar-refractivity contribution >= 4 is 11.9 Å². The fourth-order valence-electron chi connectivity index (χ4n) is 0.444. The standard InChI is InChI=1S/C7H11NO3/c1-4-6(9)11-7(10)5-8(2)3/h4H,1,5H2,2-3H3. The van der Waals surface area contributed by atoms with Crippen LogP contribution in [0, 0.1) is 0 Å². The van der Waals surface area contributed by atoms with E-state index in [2.05, 4.69) is 11.3 Å². The second kappa shape index (κ2) is 4.62. The van der Waals surface area contributed by atoms with E-state index >= 15 is 0 Å². The normalized spacial score (nSPS) is 9.36. The highest BCUT2D eigenvalue weighted by Gasteiger charge is 2.07. The Labute approximate surface area is 65.4 Å². The predicted octanol–water partition coefficient (Wildman–Crippen LogP) is -0.196. The van der Waals surface area contributed by atoms with Gasteiger partial charge < -0.3 is 4.74 Å². The van der Waals surface area contributed by atoms with E-state index in [1.807, 2.05) is 0 Å². The lowest BCUT2D eigenvalue weighted by molar-refractivity contribution is -0.156. The van der Waals surface area contributed by atoms with Gasteiger partial charge in [0.05, 0.1) is 6.54 Å². The maximum atomic E-state index is 10.7. The molecule has 0 aliphatic carbocycles. The lowest BCUT2D eigenvalue weighted by atomic mass is 10.6. The Morgan fingerprint density at radius 3 is 2.45 bits per heavy atom. The molecule has 0 aromatic rings. The molecule has 0 fully saturated rings. The van der Waals surface area contributed by atoms with Crippen LogP contribution in [0.5, 0.6) is 0 Å². The van der Waals surface area contributed by atoms with Gasteiger partial charge in [-0.25, -0.2) is 4.79 Å². The first-order valence-corrected chi connectivity index (χ1v) is 3.08. The van der Waals surface area contributed by atoms with E-state index < -0.39 is 11.9 Å². The lowest BCUT2D eigenvalue weighted by Gasteiger charge is -2.06. The van der Waals surface area contributed by atoms with Crippen LogP contribution in [-0.2, 0) is 14.3 Å². The van der Waals surface area contributed by atoms with Crippen LogP contribution < -0.4 is 0 Å². The van der Waals surface area contributed by atoms with Gasteiger partial charge in [0.15, 0.2) is 0 Å². The Hall–Kier alpha value is -1.16. The van der Waals surface area contributed by atoms with Crippen LogP contribution in [0.1, 0.15) is 0 Å². The second-order valence-electron chi connectivity index (χ2n) is 2.24. The predicted molar refractivity (Wildman–Crippen MR) is 39.9 cm³/mol. The smallest absolute Gasteiger partial charge is 0.337 e. The summed E-state index contributed by atoms with van der Waals surface area (Å²) >= 11 is 0. The molecular formula is C7H11NO3. The van der Waals surface area contributed by atoms with E-state index in [-0.39, 0.29) is 6.54 Å². The zero-order chi connectivity index (χ0) is 8.85. The van der Waals surface area contributed by atoms with E-state index in [4.69, 9.17) is 0 Å². The number of nitrogens with zero attached hydrogens (tertiary/aromatic N) is 1. The highest BCUT2D eigenvalue weighted by Crippen LogP contribution is 1.83. The monoisotopic (exact) mass is 157 g/mol. The molecule has 0 aromatic carbocycles. The second-order valence-corrected chi connectivity index (χ2v) is 2.24. The summed E-state index contributed by atoms with van der Waals surface area (Å²) in [5.74, 6) is -1.28. The summed E-state index contributed by atoms with van der Waals surface area (Å²) in [6.45, 7) is 3.25. The van der Waals surface area contributed by atoms with Crippen molar-refractivity contribution < 1.29 is 14.3 Å². The molecule has 0 unspecified atom stereocenters. The third-order valence-corrected chi connectivity index (χ3v) is 0.826. The van der Waals surface area contributed by atoms with Gasteiger partial charge in [0.1, 0.15) is 0 Å². The molecule has 0 rings (SSSR count). The summed E-state index contributed by atoms with van der Waals surface area (Å²) in [6, 6.07) is 0. The molecule has 0 heterocycles. The summed E-state index contributed by atoms with van der Waals surface area (Å²) < 4.78 is 4.27. The van der Waals surface area contributed by atoms with Gasteiger partial charge in [-0.15, -0.1) is 0 Å². The fourth-order valence-corrected chi connectivity index (χ4v) is 0.444. The quantitative estimate of drug-likeness (QED) is 0.323. The van der Waals surface area contributed by atoms with Crippen LogP contribution in [0.3, 0.4) is 0 Å². The molecule has 0 N–H and O–H groups in total. The Kier molecular flexibility index (Phi) is 4.14. The summed E-state index contributed by atoms with van der Waals surface area (Å²) in [6.07, 6.45) is 0.952. The van der Waals surface area contributed by atoms with E-state index in [0.29, 0.717) is 0 Å². The van der Waals surface area contributed by atoms with Gasteiger partial charge in [-0.3, -0.25) is 9.69 Å². The number of hydrogen-bond donors (Lipinski definition) is 0. The summed E-state index contributed by atoms with van der Waals surface area (Å²) in [7, 11) is 3.42. The Morgan fingerprint density at radius 1 is 1.55 bits per heavy atom. The van der Waals surface area contributed by atoms with Crippen molar-refractivity contribution in [2.24, 2.45) is 0 Å².